The molecule has 0 saturated heterocycles. The zero-order valence-corrected chi connectivity index (χ0v) is 11.0. The second-order valence-corrected chi connectivity index (χ2v) is 4.57. The van der Waals surface area contributed by atoms with Crippen molar-refractivity contribution in [3.8, 4) is 6.07 Å². The van der Waals surface area contributed by atoms with E-state index in [1.807, 2.05) is 38.4 Å². The first-order chi connectivity index (χ1) is 8.74. The summed E-state index contributed by atoms with van der Waals surface area (Å²) >= 11 is 1.35. The van der Waals surface area contributed by atoms with Crippen LogP contribution in [0.4, 0.5) is 10.7 Å². The summed E-state index contributed by atoms with van der Waals surface area (Å²) in [4.78, 5) is 2.07. The Balaban J connectivity index is 2.12. The van der Waals surface area contributed by atoms with Gasteiger partial charge in [0.25, 0.3) is 0 Å². The van der Waals surface area contributed by atoms with Crippen molar-refractivity contribution in [2.45, 2.75) is 6.54 Å². The van der Waals surface area contributed by atoms with E-state index < -0.39 is 0 Å². The molecule has 1 heterocycles. The van der Waals surface area contributed by atoms with E-state index in [1.165, 1.54) is 11.5 Å². The normalized spacial score (nSPS) is 9.83. The molecule has 0 aliphatic heterocycles. The van der Waals surface area contributed by atoms with Gasteiger partial charge in [-0.25, -0.2) is 0 Å². The Labute approximate surface area is 110 Å². The number of rotatable bonds is 4. The molecule has 0 unspecified atom stereocenters. The fourth-order valence-corrected chi connectivity index (χ4v) is 2.13. The lowest BCUT2D eigenvalue weighted by molar-refractivity contribution is 0.873. The second-order valence-electron chi connectivity index (χ2n) is 3.81. The molecule has 1 aromatic carbocycles. The standard InChI is InChI=1S/C12H13N5S/c1-14-12-11(15-16-18-12)8-17(2)10-5-3-9(7-13)4-6-10/h3-6,14H,8H2,1-2H3. The molecule has 1 aromatic heterocycles. The van der Waals surface area contributed by atoms with E-state index in [2.05, 4.69) is 25.9 Å². The van der Waals surface area contributed by atoms with Gasteiger partial charge in [0.05, 0.1) is 18.2 Å². The molecule has 1 N–H and O–H groups in total. The van der Waals surface area contributed by atoms with Gasteiger partial charge in [-0.05, 0) is 24.3 Å². The number of nitriles is 1. The molecule has 0 amide bonds. The second kappa shape index (κ2) is 5.47. The predicted molar refractivity (Wildman–Crippen MR) is 72.7 cm³/mol. The molecule has 0 radical (unpaired) electrons. The number of benzene rings is 1. The minimum atomic E-state index is 0.665. The third kappa shape index (κ3) is 2.57. The third-order valence-corrected chi connectivity index (χ3v) is 3.39. The summed E-state index contributed by atoms with van der Waals surface area (Å²) in [6.07, 6.45) is 0. The van der Waals surface area contributed by atoms with Crippen molar-refractivity contribution in [2.75, 3.05) is 24.3 Å². The molecule has 2 rings (SSSR count). The maximum absolute atomic E-state index is 8.75. The fraction of sp³-hybridized carbons (Fsp3) is 0.250. The lowest BCUT2D eigenvalue weighted by Crippen LogP contribution is -2.17. The minimum absolute atomic E-state index is 0.665. The molecule has 2 aromatic rings. The monoisotopic (exact) mass is 259 g/mol. The molecule has 5 nitrogen and oxygen atoms in total. The molecule has 0 spiro atoms. The first-order valence-electron chi connectivity index (χ1n) is 5.45. The summed E-state index contributed by atoms with van der Waals surface area (Å²) in [5, 5.41) is 16.9. The van der Waals surface area contributed by atoms with Crippen LogP contribution in [-0.2, 0) is 6.54 Å². The highest BCUT2D eigenvalue weighted by atomic mass is 32.1. The van der Waals surface area contributed by atoms with Gasteiger partial charge in [0.15, 0.2) is 0 Å². The zero-order chi connectivity index (χ0) is 13.0. The van der Waals surface area contributed by atoms with Crippen LogP contribution in [0, 0.1) is 11.3 Å². The van der Waals surface area contributed by atoms with Crippen LogP contribution < -0.4 is 10.2 Å². The number of anilines is 2. The lowest BCUT2D eigenvalue weighted by Gasteiger charge is -2.18. The van der Waals surface area contributed by atoms with Crippen LogP contribution in [0.2, 0.25) is 0 Å². The lowest BCUT2D eigenvalue weighted by atomic mass is 10.2. The molecule has 18 heavy (non-hydrogen) atoms. The van der Waals surface area contributed by atoms with Gasteiger partial charge in [-0.1, -0.05) is 4.49 Å². The summed E-state index contributed by atoms with van der Waals surface area (Å²) in [5.74, 6) is 0. The van der Waals surface area contributed by atoms with E-state index in [4.69, 9.17) is 5.26 Å². The number of hydrogen-bond acceptors (Lipinski definition) is 6. The van der Waals surface area contributed by atoms with Gasteiger partial charge in [0.2, 0.25) is 0 Å². The molecular formula is C12H13N5S. The molecule has 0 saturated carbocycles. The van der Waals surface area contributed by atoms with Crippen molar-refractivity contribution >= 4 is 22.2 Å². The Hall–Kier alpha value is -2.13. The minimum Gasteiger partial charge on any atom is -0.377 e. The van der Waals surface area contributed by atoms with Gasteiger partial charge in [-0.15, -0.1) is 5.10 Å². The summed E-state index contributed by atoms with van der Waals surface area (Å²) in [5.41, 5.74) is 2.64. The number of nitrogens with zero attached hydrogens (tertiary/aromatic N) is 4. The van der Waals surface area contributed by atoms with E-state index in [1.54, 1.807) is 0 Å². The Morgan fingerprint density at radius 1 is 1.39 bits per heavy atom. The largest absolute Gasteiger partial charge is 0.377 e. The first kappa shape index (κ1) is 12.3. The van der Waals surface area contributed by atoms with E-state index >= 15 is 0 Å². The van der Waals surface area contributed by atoms with E-state index in [-0.39, 0.29) is 0 Å². The van der Waals surface area contributed by atoms with Crippen molar-refractivity contribution in [3.63, 3.8) is 0 Å². The van der Waals surface area contributed by atoms with Crippen LogP contribution in [0.3, 0.4) is 0 Å². The van der Waals surface area contributed by atoms with Gasteiger partial charge < -0.3 is 10.2 Å². The van der Waals surface area contributed by atoms with E-state index in [0.717, 1.165) is 16.4 Å². The molecule has 0 fully saturated rings. The Morgan fingerprint density at radius 2 is 2.11 bits per heavy atom. The smallest absolute Gasteiger partial charge is 0.134 e. The van der Waals surface area contributed by atoms with Crippen molar-refractivity contribution in [2.24, 2.45) is 0 Å². The van der Waals surface area contributed by atoms with Gasteiger partial charge in [0, 0.05) is 31.3 Å². The Morgan fingerprint density at radius 3 is 2.72 bits per heavy atom. The Bertz CT molecular complexity index is 555. The van der Waals surface area contributed by atoms with Crippen molar-refractivity contribution in [1.82, 2.24) is 9.59 Å². The molecule has 0 bridgehead atoms. The summed E-state index contributed by atoms with van der Waals surface area (Å²) in [6.45, 7) is 0.679. The number of aromatic nitrogens is 2. The molecule has 0 aliphatic rings. The maximum atomic E-state index is 8.75. The van der Waals surface area contributed by atoms with Crippen LogP contribution in [0.1, 0.15) is 11.3 Å². The molecular weight excluding hydrogens is 246 g/mol. The summed E-state index contributed by atoms with van der Waals surface area (Å²) < 4.78 is 3.93. The molecule has 6 heteroatoms. The van der Waals surface area contributed by atoms with E-state index in [0.29, 0.717) is 12.1 Å². The predicted octanol–water partition coefficient (Wildman–Crippen LogP) is 2.09. The van der Waals surface area contributed by atoms with Gasteiger partial charge in [0.1, 0.15) is 10.7 Å². The molecule has 0 aliphatic carbocycles. The van der Waals surface area contributed by atoms with Crippen LogP contribution in [-0.4, -0.2) is 23.7 Å². The van der Waals surface area contributed by atoms with Crippen LogP contribution in [0.15, 0.2) is 24.3 Å². The molecule has 0 atom stereocenters. The number of hydrogen-bond donors (Lipinski definition) is 1. The maximum Gasteiger partial charge on any atom is 0.134 e. The summed E-state index contributed by atoms with van der Waals surface area (Å²) in [6, 6.07) is 9.58. The van der Waals surface area contributed by atoms with Crippen molar-refractivity contribution in [1.29, 1.82) is 5.26 Å². The van der Waals surface area contributed by atoms with Crippen molar-refractivity contribution in [3.05, 3.63) is 35.5 Å². The average Bonchev–Trinajstić information content (AvgIpc) is 2.86. The van der Waals surface area contributed by atoms with Gasteiger partial charge in [-0.3, -0.25) is 0 Å². The zero-order valence-electron chi connectivity index (χ0n) is 10.2. The molecule has 92 valence electrons. The highest BCUT2D eigenvalue weighted by molar-refractivity contribution is 7.10. The van der Waals surface area contributed by atoms with E-state index in [9.17, 15) is 0 Å². The summed E-state index contributed by atoms with van der Waals surface area (Å²) in [7, 11) is 3.85. The van der Waals surface area contributed by atoms with Gasteiger partial charge >= 0.3 is 0 Å². The highest BCUT2D eigenvalue weighted by Crippen LogP contribution is 2.21. The topological polar surface area (TPSA) is 64.8 Å². The van der Waals surface area contributed by atoms with Crippen LogP contribution in [0.5, 0.6) is 0 Å². The first-order valence-corrected chi connectivity index (χ1v) is 6.22. The third-order valence-electron chi connectivity index (χ3n) is 2.61. The number of nitrogens with one attached hydrogen (secondary N) is 1. The SMILES string of the molecule is CNc1snnc1CN(C)c1ccc(C#N)cc1. The van der Waals surface area contributed by atoms with Gasteiger partial charge in [-0.2, -0.15) is 5.26 Å². The quantitative estimate of drug-likeness (QED) is 0.910. The highest BCUT2D eigenvalue weighted by Gasteiger charge is 2.09. The van der Waals surface area contributed by atoms with Crippen LogP contribution in [0.25, 0.3) is 0 Å². The average molecular weight is 259 g/mol. The Kier molecular flexibility index (Phi) is 3.75. The van der Waals surface area contributed by atoms with Crippen molar-refractivity contribution < 1.29 is 0 Å². The van der Waals surface area contributed by atoms with Crippen LogP contribution >= 0.6 is 11.5 Å². The fourth-order valence-electron chi connectivity index (χ4n) is 1.61.